The van der Waals surface area contributed by atoms with Crippen molar-refractivity contribution < 1.29 is 0 Å². The second-order valence-electron chi connectivity index (χ2n) is 4.37. The Balaban J connectivity index is 2.96. The lowest BCUT2D eigenvalue weighted by atomic mass is 10.0. The molecule has 2 nitrogen and oxygen atoms in total. The predicted octanol–water partition coefficient (Wildman–Crippen LogP) is 3.73. The van der Waals surface area contributed by atoms with Crippen molar-refractivity contribution in [2.75, 3.05) is 24.9 Å². The monoisotopic (exact) mass is 250 g/mol. The number of hydrogen-bond acceptors (Lipinski definition) is 3. The first-order valence-electron chi connectivity index (χ1n) is 5.72. The third-order valence-corrected chi connectivity index (χ3v) is 3.54. The number of benzene rings is 1. The number of anilines is 1. The van der Waals surface area contributed by atoms with Gasteiger partial charge in [0.05, 0.1) is 6.67 Å². The molecule has 0 saturated carbocycles. The first-order valence-corrected chi connectivity index (χ1v) is 6.90. The van der Waals surface area contributed by atoms with E-state index < -0.39 is 0 Å². The van der Waals surface area contributed by atoms with Crippen LogP contribution in [0.4, 0.5) is 5.69 Å². The van der Waals surface area contributed by atoms with E-state index in [2.05, 4.69) is 62.0 Å². The molecule has 0 saturated heterocycles. The van der Waals surface area contributed by atoms with Gasteiger partial charge in [-0.1, -0.05) is 36.2 Å². The Kier molecular flexibility index (Phi) is 4.94. The van der Waals surface area contributed by atoms with Crippen LogP contribution in [0.15, 0.2) is 24.9 Å². The topological polar surface area (TPSA) is 6.48 Å². The van der Waals surface area contributed by atoms with E-state index in [1.807, 2.05) is 6.20 Å². The molecule has 17 heavy (non-hydrogen) atoms. The van der Waals surface area contributed by atoms with E-state index in [0.29, 0.717) is 0 Å². The van der Waals surface area contributed by atoms with Crippen molar-refractivity contribution in [2.45, 2.75) is 20.8 Å². The van der Waals surface area contributed by atoms with E-state index in [1.165, 1.54) is 22.4 Å². The molecule has 94 valence electrons. The summed E-state index contributed by atoms with van der Waals surface area (Å²) in [4.78, 5) is 2.27. The van der Waals surface area contributed by atoms with Gasteiger partial charge >= 0.3 is 0 Å². The molecule has 0 N–H and O–H groups in total. The Hall–Kier alpha value is -1.09. The maximum atomic E-state index is 3.82. The van der Waals surface area contributed by atoms with Crippen LogP contribution in [0.1, 0.15) is 16.7 Å². The molecule has 0 unspecified atom stereocenters. The molecule has 0 heterocycles. The van der Waals surface area contributed by atoms with Crippen LogP contribution in [0.25, 0.3) is 0 Å². The molecule has 3 heteroatoms. The fraction of sp³-hybridized carbons (Fsp3) is 0.429. The van der Waals surface area contributed by atoms with Crippen LogP contribution in [0.2, 0.25) is 0 Å². The van der Waals surface area contributed by atoms with Gasteiger partial charge in [0.25, 0.3) is 0 Å². The number of nitrogens with zero attached hydrogens (tertiary/aromatic N) is 2. The van der Waals surface area contributed by atoms with E-state index in [1.54, 1.807) is 11.9 Å². The third-order valence-electron chi connectivity index (χ3n) is 2.81. The Morgan fingerprint density at radius 2 is 1.76 bits per heavy atom. The van der Waals surface area contributed by atoms with Gasteiger partial charge in [-0.15, -0.1) is 0 Å². The van der Waals surface area contributed by atoms with Crippen molar-refractivity contribution in [2.24, 2.45) is 0 Å². The standard InChI is InChI=1S/C14H22N2S/c1-7-16(17-6)10-15(5)14-12(3)8-11(2)9-13(14)4/h7-9H,1,10H2,2-6H3. The van der Waals surface area contributed by atoms with E-state index in [-0.39, 0.29) is 0 Å². The van der Waals surface area contributed by atoms with Gasteiger partial charge in [0, 0.05) is 25.2 Å². The minimum atomic E-state index is 0.843. The maximum absolute atomic E-state index is 3.82. The van der Waals surface area contributed by atoms with Gasteiger partial charge < -0.3 is 9.21 Å². The zero-order valence-corrected chi connectivity index (χ0v) is 12.3. The van der Waals surface area contributed by atoms with Crippen LogP contribution in [-0.4, -0.2) is 24.3 Å². The van der Waals surface area contributed by atoms with Crippen LogP contribution in [0.3, 0.4) is 0 Å². The van der Waals surface area contributed by atoms with E-state index in [4.69, 9.17) is 0 Å². The van der Waals surface area contributed by atoms with Crippen LogP contribution in [0, 0.1) is 20.8 Å². The van der Waals surface area contributed by atoms with Crippen LogP contribution in [0.5, 0.6) is 0 Å². The number of aryl methyl sites for hydroxylation is 3. The smallest absolute Gasteiger partial charge is 0.1000 e. The van der Waals surface area contributed by atoms with Crippen LogP contribution < -0.4 is 4.90 Å². The lowest BCUT2D eigenvalue weighted by Gasteiger charge is -2.28. The summed E-state index contributed by atoms with van der Waals surface area (Å²) in [5.74, 6) is 0. The normalized spacial score (nSPS) is 10.2. The van der Waals surface area contributed by atoms with E-state index >= 15 is 0 Å². The highest BCUT2D eigenvalue weighted by atomic mass is 32.2. The molecule has 0 aliphatic rings. The second kappa shape index (κ2) is 6.01. The number of rotatable bonds is 5. The van der Waals surface area contributed by atoms with Crippen molar-refractivity contribution >= 4 is 17.6 Å². The van der Waals surface area contributed by atoms with Gasteiger partial charge in [-0.2, -0.15) is 0 Å². The minimum absolute atomic E-state index is 0.843. The zero-order chi connectivity index (χ0) is 13.0. The molecule has 0 amide bonds. The predicted molar refractivity (Wildman–Crippen MR) is 79.5 cm³/mol. The van der Waals surface area contributed by atoms with Crippen molar-refractivity contribution in [3.63, 3.8) is 0 Å². The Morgan fingerprint density at radius 1 is 1.24 bits per heavy atom. The summed E-state index contributed by atoms with van der Waals surface area (Å²) in [6.45, 7) is 11.1. The average molecular weight is 250 g/mol. The molecule has 0 aromatic heterocycles. The quantitative estimate of drug-likeness (QED) is 0.581. The van der Waals surface area contributed by atoms with Crippen LogP contribution >= 0.6 is 11.9 Å². The van der Waals surface area contributed by atoms with Crippen molar-refractivity contribution in [3.05, 3.63) is 41.6 Å². The molecular formula is C14H22N2S. The number of hydrogen-bond donors (Lipinski definition) is 0. The summed E-state index contributed by atoms with van der Waals surface area (Å²) >= 11 is 1.68. The molecule has 0 aliphatic heterocycles. The van der Waals surface area contributed by atoms with Gasteiger partial charge in [0.1, 0.15) is 0 Å². The van der Waals surface area contributed by atoms with Gasteiger partial charge in [0.15, 0.2) is 0 Å². The molecule has 0 aliphatic carbocycles. The summed E-state index contributed by atoms with van der Waals surface area (Å²) in [6, 6.07) is 4.46. The molecule has 1 aromatic rings. The Bertz CT molecular complexity index is 378. The molecule has 0 fully saturated rings. The summed E-state index contributed by atoms with van der Waals surface area (Å²) in [7, 11) is 2.12. The molecule has 0 spiro atoms. The van der Waals surface area contributed by atoms with Gasteiger partial charge in [-0.25, -0.2) is 0 Å². The minimum Gasteiger partial charge on any atom is -0.356 e. The fourth-order valence-corrected chi connectivity index (χ4v) is 2.68. The largest absolute Gasteiger partial charge is 0.356 e. The summed E-state index contributed by atoms with van der Waals surface area (Å²) in [6.07, 6.45) is 3.92. The molecule has 1 rings (SSSR count). The summed E-state index contributed by atoms with van der Waals surface area (Å²) in [5, 5.41) is 0. The third kappa shape index (κ3) is 3.43. The van der Waals surface area contributed by atoms with Crippen molar-refractivity contribution in [1.29, 1.82) is 0 Å². The highest BCUT2D eigenvalue weighted by molar-refractivity contribution is 7.96. The van der Waals surface area contributed by atoms with E-state index in [0.717, 1.165) is 6.67 Å². The molecule has 1 aromatic carbocycles. The Morgan fingerprint density at radius 3 is 2.18 bits per heavy atom. The Labute approximate surface area is 109 Å². The van der Waals surface area contributed by atoms with Crippen molar-refractivity contribution in [3.8, 4) is 0 Å². The SMILES string of the molecule is C=CN(CN(C)c1c(C)cc(C)cc1C)SC. The molecule has 0 atom stereocenters. The van der Waals surface area contributed by atoms with Crippen LogP contribution in [-0.2, 0) is 0 Å². The van der Waals surface area contributed by atoms with Gasteiger partial charge in [-0.05, 0) is 31.9 Å². The van der Waals surface area contributed by atoms with Gasteiger partial charge in [0.2, 0.25) is 0 Å². The highest BCUT2D eigenvalue weighted by Gasteiger charge is 2.10. The average Bonchev–Trinajstić information content (AvgIpc) is 2.24. The summed E-state index contributed by atoms with van der Waals surface area (Å²) < 4.78 is 2.11. The first-order chi connectivity index (χ1) is 7.99. The highest BCUT2D eigenvalue weighted by Crippen LogP contribution is 2.26. The van der Waals surface area contributed by atoms with E-state index in [9.17, 15) is 0 Å². The molecule has 0 bridgehead atoms. The molecule has 0 radical (unpaired) electrons. The fourth-order valence-electron chi connectivity index (χ4n) is 2.24. The first kappa shape index (κ1) is 14.0. The van der Waals surface area contributed by atoms with Gasteiger partial charge in [-0.3, -0.25) is 0 Å². The maximum Gasteiger partial charge on any atom is 0.1000 e. The zero-order valence-electron chi connectivity index (χ0n) is 11.4. The molecular weight excluding hydrogens is 228 g/mol. The van der Waals surface area contributed by atoms with Crippen molar-refractivity contribution in [1.82, 2.24) is 4.31 Å². The summed E-state index contributed by atoms with van der Waals surface area (Å²) in [5.41, 5.74) is 5.30. The lowest BCUT2D eigenvalue weighted by Crippen LogP contribution is -2.29. The second-order valence-corrected chi connectivity index (χ2v) is 5.20. The lowest BCUT2D eigenvalue weighted by molar-refractivity contribution is 0.614.